The third-order valence-corrected chi connectivity index (χ3v) is 5.15. The van der Waals surface area contributed by atoms with Crippen LogP contribution in [0.4, 0.5) is 4.39 Å². The molecule has 146 valence electrons. The van der Waals surface area contributed by atoms with Crippen LogP contribution >= 0.6 is 0 Å². The number of hydrogen-bond acceptors (Lipinski definition) is 6. The van der Waals surface area contributed by atoms with Gasteiger partial charge in [0.05, 0.1) is 6.20 Å². The van der Waals surface area contributed by atoms with Crippen LogP contribution in [0.1, 0.15) is 36.4 Å². The molecule has 7 heteroatoms. The van der Waals surface area contributed by atoms with E-state index >= 15 is 0 Å². The summed E-state index contributed by atoms with van der Waals surface area (Å²) in [6.07, 6.45) is 2.67. The van der Waals surface area contributed by atoms with E-state index in [9.17, 15) is 4.39 Å². The number of nitrogens with zero attached hydrogens (tertiary/aromatic N) is 2. The molecule has 1 aliphatic heterocycles. The predicted molar refractivity (Wildman–Crippen MR) is 108 cm³/mol. The molecule has 1 heterocycles. The summed E-state index contributed by atoms with van der Waals surface area (Å²) < 4.78 is 13.9. The minimum Gasteiger partial charge on any atom is -0.362 e. The van der Waals surface area contributed by atoms with E-state index in [0.717, 1.165) is 12.0 Å². The Morgan fingerprint density at radius 2 is 1.96 bits per heavy atom. The first-order valence-corrected chi connectivity index (χ1v) is 9.51. The first-order valence-electron chi connectivity index (χ1n) is 9.51. The van der Waals surface area contributed by atoms with Gasteiger partial charge in [-0.15, -0.1) is 0 Å². The Bertz CT molecular complexity index is 881. The van der Waals surface area contributed by atoms with Crippen LogP contribution < -0.4 is 21.9 Å². The summed E-state index contributed by atoms with van der Waals surface area (Å²) in [5.74, 6) is 7.69. The molecule has 0 bridgehead atoms. The lowest BCUT2D eigenvalue weighted by Gasteiger charge is -2.26. The highest BCUT2D eigenvalue weighted by Crippen LogP contribution is 2.47. The summed E-state index contributed by atoms with van der Waals surface area (Å²) in [5.41, 5.74) is 4.93. The number of hydrogen-bond donors (Lipinski definition) is 4. The molecule has 0 aromatic heterocycles. The van der Waals surface area contributed by atoms with Crippen molar-refractivity contribution in [2.45, 2.75) is 25.3 Å². The summed E-state index contributed by atoms with van der Waals surface area (Å²) >= 11 is 0. The topological polar surface area (TPSA) is 77.7 Å². The molecule has 1 aliphatic carbocycles. The standard InChI is InChI=1S/C21H25FN6/c1-14(15-7-3-2-4-8-15)25-20-13-28(23)27-21(26-20)24-12-16-11-18(16)17-9-5-6-10-19(17)22/h2-10,13-14,16,18,25H,11-12,23H2,1H3,(H2,24,26,27). The highest BCUT2D eigenvalue weighted by molar-refractivity contribution is 5.81. The van der Waals surface area contributed by atoms with Crippen LogP contribution in [0.3, 0.4) is 0 Å². The molecule has 3 atom stereocenters. The van der Waals surface area contributed by atoms with Crippen molar-refractivity contribution in [1.82, 2.24) is 21.2 Å². The van der Waals surface area contributed by atoms with Crippen LogP contribution in [0, 0.1) is 11.7 Å². The SMILES string of the molecule is CC(NC1=CN(N)NC(NCC2CC2c2ccccc2F)=N1)c1ccccc1. The van der Waals surface area contributed by atoms with Crippen molar-refractivity contribution in [2.24, 2.45) is 16.8 Å². The second kappa shape index (κ2) is 7.90. The number of benzene rings is 2. The quantitative estimate of drug-likeness (QED) is 0.580. The van der Waals surface area contributed by atoms with Crippen molar-refractivity contribution < 1.29 is 4.39 Å². The van der Waals surface area contributed by atoms with E-state index in [1.807, 2.05) is 30.3 Å². The number of rotatable bonds is 6. The van der Waals surface area contributed by atoms with E-state index in [0.29, 0.717) is 24.2 Å². The number of aliphatic imine (C=N–C) groups is 1. The number of nitrogens with one attached hydrogen (secondary N) is 3. The Balaban J connectivity index is 1.34. The Labute approximate surface area is 164 Å². The third-order valence-electron chi connectivity index (χ3n) is 5.15. The fraction of sp³-hybridized carbons (Fsp3) is 0.286. The minimum absolute atomic E-state index is 0.0952. The average molecular weight is 380 g/mol. The smallest absolute Gasteiger partial charge is 0.218 e. The largest absolute Gasteiger partial charge is 0.362 e. The summed E-state index contributed by atoms with van der Waals surface area (Å²) in [6.45, 7) is 2.78. The van der Waals surface area contributed by atoms with Crippen LogP contribution in [-0.2, 0) is 0 Å². The monoisotopic (exact) mass is 380 g/mol. The Morgan fingerprint density at radius 1 is 1.21 bits per heavy atom. The lowest BCUT2D eigenvalue weighted by atomic mass is 10.1. The summed E-state index contributed by atoms with van der Waals surface area (Å²) in [4.78, 5) is 4.56. The average Bonchev–Trinajstić information content (AvgIpc) is 3.46. The normalized spacial score (nSPS) is 21.9. The van der Waals surface area contributed by atoms with Gasteiger partial charge >= 0.3 is 0 Å². The fourth-order valence-electron chi connectivity index (χ4n) is 3.51. The molecule has 0 saturated heterocycles. The maximum absolute atomic E-state index is 13.9. The van der Waals surface area contributed by atoms with E-state index in [2.05, 4.69) is 40.1 Å². The van der Waals surface area contributed by atoms with Crippen LogP contribution in [0.25, 0.3) is 0 Å². The number of halogens is 1. The first-order chi connectivity index (χ1) is 13.6. The number of nitrogens with two attached hydrogens (primary N) is 1. The highest BCUT2D eigenvalue weighted by atomic mass is 19.1. The molecule has 1 fully saturated rings. The summed E-state index contributed by atoms with van der Waals surface area (Å²) in [7, 11) is 0. The maximum Gasteiger partial charge on any atom is 0.218 e. The summed E-state index contributed by atoms with van der Waals surface area (Å²) in [6, 6.07) is 17.2. The highest BCUT2D eigenvalue weighted by Gasteiger charge is 2.39. The van der Waals surface area contributed by atoms with Gasteiger partial charge in [-0.3, -0.25) is 5.43 Å². The van der Waals surface area contributed by atoms with Crippen molar-refractivity contribution in [3.63, 3.8) is 0 Å². The van der Waals surface area contributed by atoms with Crippen molar-refractivity contribution in [3.05, 3.63) is 83.6 Å². The molecule has 1 saturated carbocycles. The van der Waals surface area contributed by atoms with Crippen molar-refractivity contribution in [1.29, 1.82) is 0 Å². The van der Waals surface area contributed by atoms with Crippen LogP contribution in [0.2, 0.25) is 0 Å². The molecule has 5 N–H and O–H groups in total. The first kappa shape index (κ1) is 18.3. The van der Waals surface area contributed by atoms with Crippen molar-refractivity contribution >= 4 is 5.96 Å². The Kier molecular flexibility index (Phi) is 5.16. The molecule has 0 radical (unpaired) electrons. The zero-order valence-corrected chi connectivity index (χ0v) is 15.8. The minimum atomic E-state index is -0.124. The van der Waals surface area contributed by atoms with Gasteiger partial charge in [0.25, 0.3) is 0 Å². The third kappa shape index (κ3) is 4.26. The second-order valence-electron chi connectivity index (χ2n) is 7.28. The number of hydrazine groups is 2. The van der Waals surface area contributed by atoms with Crippen molar-refractivity contribution in [2.75, 3.05) is 6.54 Å². The van der Waals surface area contributed by atoms with Crippen LogP contribution in [-0.4, -0.2) is 17.6 Å². The predicted octanol–water partition coefficient (Wildman–Crippen LogP) is 2.72. The molecule has 4 rings (SSSR count). The zero-order chi connectivity index (χ0) is 19.5. The van der Waals surface area contributed by atoms with Gasteiger partial charge in [-0.2, -0.15) is 4.99 Å². The molecule has 2 aliphatic rings. The van der Waals surface area contributed by atoms with Gasteiger partial charge < -0.3 is 10.6 Å². The second-order valence-corrected chi connectivity index (χ2v) is 7.28. The van der Waals surface area contributed by atoms with Gasteiger partial charge in [-0.1, -0.05) is 48.5 Å². The zero-order valence-electron chi connectivity index (χ0n) is 15.8. The fourth-order valence-corrected chi connectivity index (χ4v) is 3.51. The van der Waals surface area contributed by atoms with Gasteiger partial charge in [0.1, 0.15) is 11.6 Å². The van der Waals surface area contributed by atoms with Crippen LogP contribution in [0.5, 0.6) is 0 Å². The molecule has 0 amide bonds. The molecule has 0 spiro atoms. The molecule has 2 aromatic carbocycles. The van der Waals surface area contributed by atoms with Gasteiger partial charge in [0, 0.05) is 12.6 Å². The van der Waals surface area contributed by atoms with E-state index < -0.39 is 0 Å². The molecule has 6 nitrogen and oxygen atoms in total. The molecular formula is C21H25FN6. The van der Waals surface area contributed by atoms with E-state index in [1.165, 1.54) is 16.7 Å². The van der Waals surface area contributed by atoms with Gasteiger partial charge in [-0.25, -0.2) is 15.4 Å². The molecular weight excluding hydrogens is 355 g/mol. The van der Waals surface area contributed by atoms with Gasteiger partial charge in [0.2, 0.25) is 5.96 Å². The van der Waals surface area contributed by atoms with Gasteiger partial charge in [-0.05, 0) is 42.4 Å². The molecule has 28 heavy (non-hydrogen) atoms. The Hall–Kier alpha value is -3.06. The van der Waals surface area contributed by atoms with Crippen molar-refractivity contribution in [3.8, 4) is 0 Å². The molecule has 2 aromatic rings. The van der Waals surface area contributed by atoms with E-state index in [-0.39, 0.29) is 17.8 Å². The molecule has 3 unspecified atom stereocenters. The van der Waals surface area contributed by atoms with Gasteiger partial charge in [0.15, 0.2) is 0 Å². The lowest BCUT2D eigenvalue weighted by molar-refractivity contribution is 0.327. The lowest BCUT2D eigenvalue weighted by Crippen LogP contribution is -2.52. The van der Waals surface area contributed by atoms with Crippen LogP contribution in [0.15, 0.2) is 71.6 Å². The Morgan fingerprint density at radius 3 is 2.75 bits per heavy atom. The number of guanidine groups is 1. The van der Waals surface area contributed by atoms with E-state index in [4.69, 9.17) is 5.84 Å². The maximum atomic E-state index is 13.9. The summed E-state index contributed by atoms with van der Waals surface area (Å²) in [5, 5.41) is 8.02. The van der Waals surface area contributed by atoms with E-state index in [1.54, 1.807) is 12.3 Å².